The number of likely N-dealkylation sites (N-methyl/N-ethyl adjacent to an activating group) is 1. The van der Waals surface area contributed by atoms with Gasteiger partial charge < -0.3 is 16.4 Å². The molecule has 0 spiro atoms. The molecule has 38 heavy (non-hydrogen) atoms. The highest BCUT2D eigenvalue weighted by atomic mass is 32.2. The SMILES string of the molecule is CCNC(=O)C(CCc1ccccc1)NSCC1=NC=CCC=C1.N=C(N)C1=CC=C(CNC=O)CC=C1. The molecule has 0 bridgehead atoms. The molecule has 1 heterocycles. The van der Waals surface area contributed by atoms with E-state index in [-0.39, 0.29) is 17.8 Å². The van der Waals surface area contributed by atoms with Gasteiger partial charge in [0.05, 0.1) is 17.5 Å². The van der Waals surface area contributed by atoms with Crippen molar-refractivity contribution in [3.05, 3.63) is 95.8 Å². The molecule has 2 aliphatic rings. The lowest BCUT2D eigenvalue weighted by atomic mass is 10.1. The Balaban J connectivity index is 0.000000308. The normalized spacial score (nSPS) is 14.9. The Morgan fingerprint density at radius 1 is 1.18 bits per heavy atom. The van der Waals surface area contributed by atoms with Crippen LogP contribution in [0.2, 0.25) is 0 Å². The van der Waals surface area contributed by atoms with Gasteiger partial charge in [0.15, 0.2) is 0 Å². The van der Waals surface area contributed by atoms with Crippen LogP contribution in [0.3, 0.4) is 0 Å². The molecule has 0 aromatic heterocycles. The molecule has 1 aliphatic heterocycles. The molecule has 0 fully saturated rings. The van der Waals surface area contributed by atoms with E-state index in [4.69, 9.17) is 11.1 Å². The van der Waals surface area contributed by atoms with E-state index >= 15 is 0 Å². The summed E-state index contributed by atoms with van der Waals surface area (Å²) in [6, 6.07) is 10.1. The number of rotatable bonds is 13. The lowest BCUT2D eigenvalue weighted by Crippen LogP contribution is -2.42. The van der Waals surface area contributed by atoms with Crippen molar-refractivity contribution in [2.24, 2.45) is 10.7 Å². The monoisotopic (exact) mass is 534 g/mol. The lowest BCUT2D eigenvalue weighted by molar-refractivity contribution is -0.122. The highest BCUT2D eigenvalue weighted by Gasteiger charge is 2.17. The van der Waals surface area contributed by atoms with Gasteiger partial charge >= 0.3 is 0 Å². The molecule has 6 N–H and O–H groups in total. The fourth-order valence-corrected chi connectivity index (χ4v) is 4.31. The van der Waals surface area contributed by atoms with Crippen LogP contribution >= 0.6 is 11.9 Å². The van der Waals surface area contributed by atoms with Crippen molar-refractivity contribution in [2.75, 3.05) is 18.8 Å². The summed E-state index contributed by atoms with van der Waals surface area (Å²) < 4.78 is 3.31. The van der Waals surface area contributed by atoms with E-state index in [2.05, 4.69) is 38.6 Å². The molecule has 1 unspecified atom stereocenters. The molecule has 1 atom stereocenters. The van der Waals surface area contributed by atoms with Crippen LogP contribution in [0.1, 0.15) is 31.7 Å². The number of nitrogens with two attached hydrogens (primary N) is 1. The minimum atomic E-state index is -0.207. The zero-order chi connectivity index (χ0) is 27.4. The second-order valence-electron chi connectivity index (χ2n) is 8.49. The van der Waals surface area contributed by atoms with Crippen molar-refractivity contribution in [3.8, 4) is 0 Å². The van der Waals surface area contributed by atoms with E-state index in [1.807, 2.05) is 61.7 Å². The number of nitrogens with one attached hydrogen (secondary N) is 4. The molecule has 8 nitrogen and oxygen atoms in total. The average Bonchev–Trinajstić information content (AvgIpc) is 3.34. The van der Waals surface area contributed by atoms with Gasteiger partial charge in [0.25, 0.3) is 0 Å². The van der Waals surface area contributed by atoms with Crippen LogP contribution in [0.15, 0.2) is 95.2 Å². The molecule has 1 aromatic rings. The van der Waals surface area contributed by atoms with Crippen LogP contribution < -0.4 is 21.1 Å². The van der Waals surface area contributed by atoms with Crippen molar-refractivity contribution in [1.29, 1.82) is 5.41 Å². The number of carbonyl (C=O) groups excluding carboxylic acids is 2. The van der Waals surface area contributed by atoms with Crippen molar-refractivity contribution in [3.63, 3.8) is 0 Å². The highest BCUT2D eigenvalue weighted by molar-refractivity contribution is 7.98. The molecule has 3 rings (SSSR count). The zero-order valence-corrected chi connectivity index (χ0v) is 22.7. The molecule has 0 saturated carbocycles. The fraction of sp³-hybridized carbons (Fsp3) is 0.310. The van der Waals surface area contributed by atoms with Crippen LogP contribution in [0.5, 0.6) is 0 Å². The maximum Gasteiger partial charge on any atom is 0.237 e. The van der Waals surface area contributed by atoms with Crippen LogP contribution in [-0.2, 0) is 16.0 Å². The summed E-state index contributed by atoms with van der Waals surface area (Å²) in [4.78, 5) is 26.7. The number of amidine groups is 1. The second-order valence-corrected chi connectivity index (χ2v) is 9.30. The summed E-state index contributed by atoms with van der Waals surface area (Å²) in [5.74, 6) is 0.850. The third-order valence-electron chi connectivity index (χ3n) is 5.51. The summed E-state index contributed by atoms with van der Waals surface area (Å²) >= 11 is 1.54. The third-order valence-corrected chi connectivity index (χ3v) is 6.40. The standard InChI is InChI=1S/C19H25N3OS.C10H13N3O/c1-2-20-19(23)18(13-12-16-9-5-3-6-10-16)22-24-15-17-11-7-4-8-14-21-17;11-10(12)9-3-1-2-8(4-5-9)6-13-7-14/h3,5-11,14,18,22H,2,4,12-13,15H2,1H3,(H,20,23);1,3-5,7H,2,6H2,(H3,11,12)(H,13,14). The van der Waals surface area contributed by atoms with E-state index in [9.17, 15) is 9.59 Å². The van der Waals surface area contributed by atoms with Gasteiger partial charge in [0, 0.05) is 24.9 Å². The number of aliphatic imine (C=N–C) groups is 1. The van der Waals surface area contributed by atoms with Gasteiger partial charge in [-0.3, -0.25) is 24.7 Å². The first-order valence-corrected chi connectivity index (χ1v) is 13.7. The van der Waals surface area contributed by atoms with E-state index in [0.717, 1.165) is 42.7 Å². The molecule has 9 heteroatoms. The molecular weight excluding hydrogens is 496 g/mol. The number of allylic oxidation sites excluding steroid dienone is 6. The van der Waals surface area contributed by atoms with Gasteiger partial charge in [-0.1, -0.05) is 78.7 Å². The molecule has 202 valence electrons. The Morgan fingerprint density at radius 2 is 2.00 bits per heavy atom. The van der Waals surface area contributed by atoms with Crippen molar-refractivity contribution < 1.29 is 9.59 Å². The van der Waals surface area contributed by atoms with E-state index < -0.39 is 0 Å². The Bertz CT molecular complexity index is 1090. The second kappa shape index (κ2) is 18.5. The zero-order valence-electron chi connectivity index (χ0n) is 21.9. The summed E-state index contributed by atoms with van der Waals surface area (Å²) in [5.41, 5.74) is 9.40. The summed E-state index contributed by atoms with van der Waals surface area (Å²) in [6.45, 7) is 3.12. The maximum absolute atomic E-state index is 12.3. The van der Waals surface area contributed by atoms with E-state index in [1.54, 1.807) is 6.08 Å². The van der Waals surface area contributed by atoms with E-state index in [0.29, 0.717) is 25.1 Å². The van der Waals surface area contributed by atoms with Gasteiger partial charge in [-0.05, 0) is 49.8 Å². The predicted octanol–water partition coefficient (Wildman–Crippen LogP) is 3.76. The Kier molecular flexibility index (Phi) is 14.9. The van der Waals surface area contributed by atoms with Crippen LogP contribution in [-0.4, -0.2) is 48.7 Å². The average molecular weight is 535 g/mol. The van der Waals surface area contributed by atoms with Crippen molar-refractivity contribution >= 4 is 35.8 Å². The number of amides is 2. The van der Waals surface area contributed by atoms with Gasteiger partial charge in [-0.15, -0.1) is 0 Å². The molecule has 2 amide bonds. The summed E-state index contributed by atoms with van der Waals surface area (Å²) in [5, 5.41) is 12.8. The smallest absolute Gasteiger partial charge is 0.237 e. The molecule has 1 aromatic carbocycles. The Hall–Kier alpha value is -3.69. The molecule has 0 saturated heterocycles. The van der Waals surface area contributed by atoms with Crippen LogP contribution in [0, 0.1) is 5.41 Å². The first-order chi connectivity index (χ1) is 18.5. The molecular formula is C29H38N6O2S. The quantitative estimate of drug-likeness (QED) is 0.114. The summed E-state index contributed by atoms with van der Waals surface area (Å²) in [7, 11) is 0. The third kappa shape index (κ3) is 12.5. The Labute approximate surface area is 230 Å². The topological polar surface area (TPSA) is 132 Å². The Morgan fingerprint density at radius 3 is 2.74 bits per heavy atom. The minimum Gasteiger partial charge on any atom is -0.384 e. The predicted molar refractivity (Wildman–Crippen MR) is 159 cm³/mol. The summed E-state index contributed by atoms with van der Waals surface area (Å²) in [6.07, 6.45) is 19.4. The fourth-order valence-electron chi connectivity index (χ4n) is 3.49. The minimum absolute atomic E-state index is 0.0548. The largest absolute Gasteiger partial charge is 0.384 e. The van der Waals surface area contributed by atoms with E-state index in [1.165, 1.54) is 17.5 Å². The number of carbonyl (C=O) groups is 2. The first kappa shape index (κ1) is 30.5. The number of hydrogen-bond donors (Lipinski definition) is 5. The lowest BCUT2D eigenvalue weighted by Gasteiger charge is -2.17. The van der Waals surface area contributed by atoms with Crippen molar-refractivity contribution in [1.82, 2.24) is 15.4 Å². The number of benzene rings is 1. The van der Waals surface area contributed by atoms with Crippen LogP contribution in [0.4, 0.5) is 0 Å². The van der Waals surface area contributed by atoms with Gasteiger partial charge in [0.2, 0.25) is 12.3 Å². The number of hydrogen-bond acceptors (Lipinski definition) is 6. The highest BCUT2D eigenvalue weighted by Crippen LogP contribution is 2.11. The van der Waals surface area contributed by atoms with Gasteiger partial charge in [0.1, 0.15) is 5.84 Å². The molecule has 1 aliphatic carbocycles. The number of nitrogens with zero attached hydrogens (tertiary/aromatic N) is 1. The number of aryl methyl sites for hydroxylation is 1. The first-order valence-electron chi connectivity index (χ1n) is 12.7. The van der Waals surface area contributed by atoms with Crippen LogP contribution in [0.25, 0.3) is 0 Å². The van der Waals surface area contributed by atoms with Crippen molar-refractivity contribution in [2.45, 2.75) is 38.6 Å². The maximum atomic E-state index is 12.3. The van der Waals surface area contributed by atoms with Gasteiger partial charge in [-0.25, -0.2) is 0 Å². The molecule has 0 radical (unpaired) electrons. The van der Waals surface area contributed by atoms with Gasteiger partial charge in [-0.2, -0.15) is 0 Å².